The van der Waals surface area contributed by atoms with Crippen LogP contribution in [0.25, 0.3) is 11.0 Å². The molecule has 3 heterocycles. The number of H-pyrrole nitrogens is 1. The molecule has 7 nitrogen and oxygen atoms in total. The molecule has 0 saturated carbocycles. The Bertz CT molecular complexity index is 1020. The quantitative estimate of drug-likeness (QED) is 0.628. The second-order valence-corrected chi connectivity index (χ2v) is 6.26. The number of anilines is 2. The highest BCUT2D eigenvalue weighted by Crippen LogP contribution is 2.36. The van der Waals surface area contributed by atoms with Gasteiger partial charge in [0.15, 0.2) is 5.78 Å². The highest BCUT2D eigenvalue weighted by atomic mass is 16.5. The van der Waals surface area contributed by atoms with Gasteiger partial charge in [-0.25, -0.2) is 4.98 Å². The number of aromatic amines is 1. The summed E-state index contributed by atoms with van der Waals surface area (Å²) in [7, 11) is 1.54. The molecule has 1 aliphatic heterocycles. The van der Waals surface area contributed by atoms with E-state index in [4.69, 9.17) is 4.74 Å². The Morgan fingerprint density at radius 2 is 2.08 bits per heavy atom. The third-order valence-electron chi connectivity index (χ3n) is 4.56. The number of ketones is 1. The first-order valence-electron chi connectivity index (χ1n) is 8.27. The van der Waals surface area contributed by atoms with E-state index in [0.29, 0.717) is 33.5 Å². The van der Waals surface area contributed by atoms with E-state index in [-0.39, 0.29) is 18.3 Å². The predicted octanol–water partition coefficient (Wildman–Crippen LogP) is 2.48. The molecule has 4 rings (SSSR count). The van der Waals surface area contributed by atoms with Crippen LogP contribution in [0.3, 0.4) is 0 Å². The summed E-state index contributed by atoms with van der Waals surface area (Å²) in [5.41, 5.74) is 3.87. The van der Waals surface area contributed by atoms with Crippen LogP contribution in [-0.4, -0.2) is 41.4 Å². The third kappa shape index (κ3) is 2.53. The van der Waals surface area contributed by atoms with Gasteiger partial charge in [-0.3, -0.25) is 9.59 Å². The van der Waals surface area contributed by atoms with E-state index in [2.05, 4.69) is 20.6 Å². The van der Waals surface area contributed by atoms with Crippen molar-refractivity contribution in [3.05, 3.63) is 53.3 Å². The van der Waals surface area contributed by atoms with Crippen LogP contribution in [0.4, 0.5) is 11.4 Å². The molecular weight excluding hydrogens is 332 g/mol. The molecule has 1 unspecified atom stereocenters. The summed E-state index contributed by atoms with van der Waals surface area (Å²) in [5.74, 6) is -0.283. The first kappa shape index (κ1) is 16.3. The van der Waals surface area contributed by atoms with Crippen LogP contribution >= 0.6 is 0 Å². The lowest BCUT2D eigenvalue weighted by Crippen LogP contribution is -2.42. The van der Waals surface area contributed by atoms with Gasteiger partial charge in [0.05, 0.1) is 35.1 Å². The molecule has 0 fully saturated rings. The Morgan fingerprint density at radius 3 is 2.85 bits per heavy atom. The first-order chi connectivity index (χ1) is 12.6. The number of hydrogen-bond donors (Lipinski definition) is 3. The summed E-state index contributed by atoms with van der Waals surface area (Å²) in [6, 6.07) is 6.92. The molecule has 3 aromatic rings. The van der Waals surface area contributed by atoms with E-state index >= 15 is 0 Å². The van der Waals surface area contributed by atoms with Crippen molar-refractivity contribution in [1.82, 2.24) is 9.97 Å². The maximum Gasteiger partial charge on any atom is 0.249 e. The molecule has 1 atom stereocenters. The smallest absolute Gasteiger partial charge is 0.249 e. The number of ether oxygens (including phenoxy) is 1. The lowest BCUT2D eigenvalue weighted by atomic mass is 9.98. The number of pyridine rings is 1. The van der Waals surface area contributed by atoms with Crippen molar-refractivity contribution in [1.29, 1.82) is 0 Å². The van der Waals surface area contributed by atoms with Crippen LogP contribution in [0.2, 0.25) is 0 Å². The van der Waals surface area contributed by atoms with Crippen LogP contribution in [0.5, 0.6) is 0 Å². The number of methoxy groups -OCH3 is 1. The lowest BCUT2D eigenvalue weighted by Gasteiger charge is -2.26. The number of benzene rings is 1. The standard InChI is InChI=1S/C19H18N4O3/c1-10-5-3-4-6-11(10)17(24)12-7-20-18-15(12)16-13(8-21-18)23-19(25)14(22-16)9-26-2/h3-8,14,22H,9H2,1-2H3,(H,20,21)(H,23,25). The van der Waals surface area contributed by atoms with Crippen LogP contribution < -0.4 is 10.6 Å². The lowest BCUT2D eigenvalue weighted by molar-refractivity contribution is -0.118. The summed E-state index contributed by atoms with van der Waals surface area (Å²) in [5, 5.41) is 6.68. The van der Waals surface area contributed by atoms with Gasteiger partial charge in [-0.2, -0.15) is 0 Å². The first-order valence-corrected chi connectivity index (χ1v) is 8.27. The number of fused-ring (bicyclic) bond motifs is 3. The van der Waals surface area contributed by atoms with E-state index in [1.807, 2.05) is 31.2 Å². The van der Waals surface area contributed by atoms with Gasteiger partial charge in [-0.05, 0) is 12.5 Å². The maximum absolute atomic E-state index is 13.1. The van der Waals surface area contributed by atoms with Crippen molar-refractivity contribution in [2.75, 3.05) is 24.4 Å². The molecule has 1 aromatic carbocycles. The average Bonchev–Trinajstić information content (AvgIpc) is 3.07. The van der Waals surface area contributed by atoms with Gasteiger partial charge in [-0.15, -0.1) is 0 Å². The fourth-order valence-corrected chi connectivity index (χ4v) is 3.24. The van der Waals surface area contributed by atoms with Crippen LogP contribution in [0, 0.1) is 6.92 Å². The van der Waals surface area contributed by atoms with E-state index in [9.17, 15) is 9.59 Å². The summed E-state index contributed by atoms with van der Waals surface area (Å²) in [6.45, 7) is 2.13. The SMILES string of the molecule is COCC1Nc2c(cnc3[nH]cc(C(=O)c4ccccc4C)c23)NC1=O. The number of nitrogens with one attached hydrogen (secondary N) is 3. The minimum atomic E-state index is -0.533. The molecule has 1 amide bonds. The van der Waals surface area contributed by atoms with Crippen molar-refractivity contribution in [2.45, 2.75) is 13.0 Å². The molecule has 3 N–H and O–H groups in total. The van der Waals surface area contributed by atoms with Crippen molar-refractivity contribution in [2.24, 2.45) is 0 Å². The van der Waals surface area contributed by atoms with Gasteiger partial charge in [0.1, 0.15) is 11.7 Å². The number of aromatic nitrogens is 2. The van der Waals surface area contributed by atoms with Crippen molar-refractivity contribution >= 4 is 34.1 Å². The van der Waals surface area contributed by atoms with Gasteiger partial charge >= 0.3 is 0 Å². The summed E-state index contributed by atoms with van der Waals surface area (Å²) in [6.07, 6.45) is 3.24. The Labute approximate surface area is 149 Å². The number of carbonyl (C=O) groups is 2. The van der Waals surface area contributed by atoms with Gasteiger partial charge in [0.25, 0.3) is 0 Å². The largest absolute Gasteiger partial charge is 0.382 e. The van der Waals surface area contributed by atoms with Crippen LogP contribution in [0.15, 0.2) is 36.7 Å². The Hall–Kier alpha value is -3.19. The molecule has 0 radical (unpaired) electrons. The molecular formula is C19H18N4O3. The summed E-state index contributed by atoms with van der Waals surface area (Å²) < 4.78 is 5.11. The molecule has 0 aliphatic carbocycles. The average molecular weight is 350 g/mol. The molecule has 7 heteroatoms. The van der Waals surface area contributed by atoms with Crippen molar-refractivity contribution in [3.8, 4) is 0 Å². The van der Waals surface area contributed by atoms with Gasteiger partial charge in [0, 0.05) is 18.9 Å². The molecule has 1 aliphatic rings. The molecule has 0 saturated heterocycles. The molecule has 26 heavy (non-hydrogen) atoms. The number of rotatable bonds is 4. The Balaban J connectivity index is 1.86. The minimum absolute atomic E-state index is 0.0912. The van der Waals surface area contributed by atoms with Crippen molar-refractivity contribution < 1.29 is 14.3 Å². The number of aryl methyl sites for hydroxylation is 1. The monoisotopic (exact) mass is 350 g/mol. The number of hydrogen-bond acceptors (Lipinski definition) is 5. The normalized spacial score (nSPS) is 16.1. The summed E-state index contributed by atoms with van der Waals surface area (Å²) in [4.78, 5) is 32.6. The second-order valence-electron chi connectivity index (χ2n) is 6.26. The zero-order valence-electron chi connectivity index (χ0n) is 14.4. The Morgan fingerprint density at radius 1 is 1.27 bits per heavy atom. The third-order valence-corrected chi connectivity index (χ3v) is 4.56. The summed E-state index contributed by atoms with van der Waals surface area (Å²) >= 11 is 0. The number of carbonyl (C=O) groups excluding carboxylic acids is 2. The van der Waals surface area contributed by atoms with Crippen LogP contribution in [-0.2, 0) is 9.53 Å². The topological polar surface area (TPSA) is 96.1 Å². The predicted molar refractivity (Wildman–Crippen MR) is 98.6 cm³/mol. The fourth-order valence-electron chi connectivity index (χ4n) is 3.24. The van der Waals surface area contributed by atoms with E-state index < -0.39 is 6.04 Å². The fraction of sp³-hybridized carbons (Fsp3) is 0.211. The molecule has 0 bridgehead atoms. The van der Waals surface area contributed by atoms with Gasteiger partial charge < -0.3 is 20.4 Å². The minimum Gasteiger partial charge on any atom is -0.382 e. The molecule has 2 aromatic heterocycles. The van der Waals surface area contributed by atoms with E-state index in [1.54, 1.807) is 12.4 Å². The van der Waals surface area contributed by atoms with Gasteiger partial charge in [0.2, 0.25) is 5.91 Å². The zero-order valence-corrected chi connectivity index (χ0v) is 14.4. The highest BCUT2D eigenvalue weighted by molar-refractivity contribution is 6.21. The maximum atomic E-state index is 13.1. The van der Waals surface area contributed by atoms with E-state index in [0.717, 1.165) is 5.56 Å². The highest BCUT2D eigenvalue weighted by Gasteiger charge is 2.29. The number of nitrogens with zero attached hydrogens (tertiary/aromatic N) is 1. The second kappa shape index (κ2) is 6.27. The number of amides is 1. The van der Waals surface area contributed by atoms with Gasteiger partial charge in [-0.1, -0.05) is 24.3 Å². The van der Waals surface area contributed by atoms with Crippen LogP contribution in [0.1, 0.15) is 21.5 Å². The zero-order chi connectivity index (χ0) is 18.3. The van der Waals surface area contributed by atoms with Crippen molar-refractivity contribution in [3.63, 3.8) is 0 Å². The Kier molecular flexibility index (Phi) is 3.93. The van der Waals surface area contributed by atoms with E-state index in [1.165, 1.54) is 7.11 Å². The molecule has 132 valence electrons. The molecule has 0 spiro atoms.